The molecule has 0 aliphatic rings. The minimum Gasteiger partial charge on any atom is -0.478 e. The second-order valence-corrected chi connectivity index (χ2v) is 5.94. The molecular weight excluding hydrogens is 356 g/mol. The summed E-state index contributed by atoms with van der Waals surface area (Å²) in [6.07, 6.45) is 0.727. The lowest BCUT2D eigenvalue weighted by Gasteiger charge is -2.11. The lowest BCUT2D eigenvalue weighted by Crippen LogP contribution is -2.17. The van der Waals surface area contributed by atoms with Gasteiger partial charge in [-0.1, -0.05) is 11.6 Å². The van der Waals surface area contributed by atoms with E-state index in [0.29, 0.717) is 11.6 Å². The molecule has 0 aliphatic heterocycles. The lowest BCUT2D eigenvalue weighted by atomic mass is 10.0. The van der Waals surface area contributed by atoms with Crippen molar-refractivity contribution in [2.45, 2.75) is 26.4 Å². The van der Waals surface area contributed by atoms with Crippen LogP contribution in [0.1, 0.15) is 45.8 Å². The largest absolute Gasteiger partial charge is 0.478 e. The van der Waals surface area contributed by atoms with Gasteiger partial charge < -0.3 is 9.84 Å². The molecule has 1 N–H and O–H groups in total. The Morgan fingerprint density at radius 1 is 1.24 bits per heavy atom. The summed E-state index contributed by atoms with van der Waals surface area (Å²) >= 11 is 5.64. The number of carbonyl (C=O) groups is 2. The summed E-state index contributed by atoms with van der Waals surface area (Å²) in [6, 6.07) is 2.97. The van der Waals surface area contributed by atoms with Crippen LogP contribution in [0.4, 0.5) is 8.78 Å². The Kier molecular flexibility index (Phi) is 5.69. The number of esters is 1. The van der Waals surface area contributed by atoms with Crippen molar-refractivity contribution >= 4 is 23.5 Å². The third kappa shape index (κ3) is 4.51. The molecule has 2 rings (SSSR count). The molecule has 0 bridgehead atoms. The van der Waals surface area contributed by atoms with E-state index >= 15 is 0 Å². The zero-order valence-electron chi connectivity index (χ0n) is 13.3. The highest BCUT2D eigenvalue weighted by atomic mass is 35.5. The molecule has 8 heteroatoms. The van der Waals surface area contributed by atoms with E-state index in [1.54, 1.807) is 13.8 Å². The van der Waals surface area contributed by atoms with Crippen LogP contribution in [0.25, 0.3) is 0 Å². The first-order valence-corrected chi connectivity index (χ1v) is 7.63. The standard InChI is InChI=1S/C17H14ClF2NO4/c1-8(2)25-17(24)15-11(16(22)23)4-9(7-21-15)3-10-5-12(18)14(20)6-13(10)19/h4-8H,3H2,1-2H3,(H,22,23). The van der Waals surface area contributed by atoms with Gasteiger partial charge in [-0.3, -0.25) is 0 Å². The number of aromatic carboxylic acids is 1. The van der Waals surface area contributed by atoms with Gasteiger partial charge in [0.05, 0.1) is 16.7 Å². The quantitative estimate of drug-likeness (QED) is 0.639. The normalized spacial score (nSPS) is 10.8. The number of benzene rings is 1. The highest BCUT2D eigenvalue weighted by Gasteiger charge is 2.21. The maximum Gasteiger partial charge on any atom is 0.358 e. The predicted molar refractivity (Wildman–Crippen MR) is 85.9 cm³/mol. The minimum atomic E-state index is -1.37. The van der Waals surface area contributed by atoms with E-state index in [1.807, 2.05) is 0 Å². The number of carboxylic acids is 1. The van der Waals surface area contributed by atoms with Crippen LogP contribution >= 0.6 is 11.6 Å². The number of aromatic nitrogens is 1. The van der Waals surface area contributed by atoms with Crippen LogP contribution in [0, 0.1) is 11.6 Å². The molecule has 1 heterocycles. The summed E-state index contributed by atoms with van der Waals surface area (Å²) in [5, 5.41) is 9.03. The number of pyridine rings is 1. The van der Waals surface area contributed by atoms with Gasteiger partial charge in [0, 0.05) is 18.7 Å². The average Bonchev–Trinajstić information content (AvgIpc) is 2.51. The smallest absolute Gasteiger partial charge is 0.358 e. The fourth-order valence-corrected chi connectivity index (χ4v) is 2.31. The molecule has 132 valence electrons. The predicted octanol–water partition coefficient (Wildman–Crippen LogP) is 3.87. The molecule has 0 saturated carbocycles. The SMILES string of the molecule is CC(C)OC(=O)c1ncc(Cc2cc(Cl)c(F)cc2F)cc1C(=O)O. The van der Waals surface area contributed by atoms with Crippen molar-refractivity contribution in [3.8, 4) is 0 Å². The Balaban J connectivity index is 2.38. The maximum absolute atomic E-state index is 13.8. The molecular formula is C17H14ClF2NO4. The van der Waals surface area contributed by atoms with E-state index in [4.69, 9.17) is 16.3 Å². The van der Waals surface area contributed by atoms with Gasteiger partial charge in [-0.05, 0) is 37.1 Å². The monoisotopic (exact) mass is 369 g/mol. The van der Waals surface area contributed by atoms with Crippen molar-refractivity contribution < 1.29 is 28.2 Å². The first-order valence-electron chi connectivity index (χ1n) is 7.25. The Hall–Kier alpha value is -2.54. The fraction of sp³-hybridized carbons (Fsp3) is 0.235. The van der Waals surface area contributed by atoms with Crippen molar-refractivity contribution in [2.75, 3.05) is 0 Å². The second-order valence-electron chi connectivity index (χ2n) is 5.53. The molecule has 0 unspecified atom stereocenters. The summed E-state index contributed by atoms with van der Waals surface area (Å²) < 4.78 is 32.0. The number of carbonyl (C=O) groups excluding carboxylic acids is 1. The number of hydrogen-bond acceptors (Lipinski definition) is 4. The summed E-state index contributed by atoms with van der Waals surface area (Å²) in [4.78, 5) is 27.1. The van der Waals surface area contributed by atoms with Gasteiger partial charge in [0.2, 0.25) is 0 Å². The van der Waals surface area contributed by atoms with E-state index in [-0.39, 0.29) is 28.3 Å². The van der Waals surface area contributed by atoms with Crippen molar-refractivity contribution in [3.05, 3.63) is 63.4 Å². The number of nitrogens with zero attached hydrogens (tertiary/aromatic N) is 1. The maximum atomic E-state index is 13.8. The average molecular weight is 370 g/mol. The molecule has 2 aromatic rings. The number of hydrogen-bond donors (Lipinski definition) is 1. The Morgan fingerprint density at radius 3 is 2.52 bits per heavy atom. The highest BCUT2D eigenvalue weighted by molar-refractivity contribution is 6.30. The third-order valence-corrected chi connectivity index (χ3v) is 3.48. The Labute approximate surface area is 147 Å². The van der Waals surface area contributed by atoms with Crippen LogP contribution in [-0.2, 0) is 11.2 Å². The first-order chi connectivity index (χ1) is 11.7. The van der Waals surface area contributed by atoms with Gasteiger partial charge in [-0.15, -0.1) is 0 Å². The summed E-state index contributed by atoms with van der Waals surface area (Å²) in [7, 11) is 0. The summed E-state index contributed by atoms with van der Waals surface area (Å²) in [5.41, 5.74) is -0.318. The molecule has 1 aromatic heterocycles. The van der Waals surface area contributed by atoms with Crippen LogP contribution in [0.3, 0.4) is 0 Å². The molecule has 0 aliphatic carbocycles. The highest BCUT2D eigenvalue weighted by Crippen LogP contribution is 2.22. The van der Waals surface area contributed by atoms with E-state index in [0.717, 1.165) is 6.07 Å². The molecule has 0 amide bonds. The molecule has 0 radical (unpaired) electrons. The molecule has 25 heavy (non-hydrogen) atoms. The third-order valence-electron chi connectivity index (χ3n) is 3.19. The van der Waals surface area contributed by atoms with Crippen LogP contribution in [0.15, 0.2) is 24.4 Å². The number of halogens is 3. The first kappa shape index (κ1) is 18.8. The second kappa shape index (κ2) is 7.57. The van der Waals surface area contributed by atoms with E-state index < -0.39 is 29.7 Å². The van der Waals surface area contributed by atoms with Gasteiger partial charge in [0.25, 0.3) is 0 Å². The summed E-state index contributed by atoms with van der Waals surface area (Å²) in [6.45, 7) is 3.24. The van der Waals surface area contributed by atoms with Crippen LogP contribution in [0.5, 0.6) is 0 Å². The topological polar surface area (TPSA) is 76.5 Å². The van der Waals surface area contributed by atoms with E-state index in [1.165, 1.54) is 12.3 Å². The van der Waals surface area contributed by atoms with E-state index in [2.05, 4.69) is 4.98 Å². The molecule has 0 spiro atoms. The van der Waals surface area contributed by atoms with Crippen LogP contribution < -0.4 is 0 Å². The van der Waals surface area contributed by atoms with Crippen molar-refractivity contribution in [2.24, 2.45) is 0 Å². The van der Waals surface area contributed by atoms with Gasteiger partial charge in [-0.25, -0.2) is 23.4 Å². The van der Waals surface area contributed by atoms with Crippen LogP contribution in [-0.4, -0.2) is 28.1 Å². The van der Waals surface area contributed by atoms with E-state index in [9.17, 15) is 23.5 Å². The van der Waals surface area contributed by atoms with Crippen molar-refractivity contribution in [1.29, 1.82) is 0 Å². The zero-order valence-corrected chi connectivity index (χ0v) is 14.1. The molecule has 5 nitrogen and oxygen atoms in total. The molecule has 0 atom stereocenters. The van der Waals surface area contributed by atoms with Gasteiger partial charge >= 0.3 is 11.9 Å². The van der Waals surface area contributed by atoms with Gasteiger partial charge in [-0.2, -0.15) is 0 Å². The lowest BCUT2D eigenvalue weighted by molar-refractivity contribution is 0.0363. The molecule has 0 saturated heterocycles. The Bertz CT molecular complexity index is 840. The summed E-state index contributed by atoms with van der Waals surface area (Å²) in [5.74, 6) is -3.95. The van der Waals surface area contributed by atoms with Crippen molar-refractivity contribution in [1.82, 2.24) is 4.98 Å². The molecule has 0 fully saturated rings. The number of ether oxygens (including phenoxy) is 1. The number of rotatable bonds is 5. The Morgan fingerprint density at radius 2 is 1.92 bits per heavy atom. The number of carboxylic acid groups (broad SMARTS) is 1. The molecule has 1 aromatic carbocycles. The van der Waals surface area contributed by atoms with Gasteiger partial charge in [0.1, 0.15) is 11.6 Å². The van der Waals surface area contributed by atoms with Crippen LogP contribution in [0.2, 0.25) is 5.02 Å². The fourth-order valence-electron chi connectivity index (χ4n) is 2.12. The zero-order chi connectivity index (χ0) is 18.7. The minimum absolute atomic E-state index is 0.0708. The van der Waals surface area contributed by atoms with Gasteiger partial charge in [0.15, 0.2) is 5.69 Å². The van der Waals surface area contributed by atoms with Crippen molar-refractivity contribution in [3.63, 3.8) is 0 Å².